The number of imidazole rings is 1. The zero-order valence-corrected chi connectivity index (χ0v) is 15.9. The molecule has 2 aromatic carbocycles. The van der Waals surface area contributed by atoms with Crippen LogP contribution in [0.2, 0.25) is 5.02 Å². The van der Waals surface area contributed by atoms with Gasteiger partial charge in [0.2, 0.25) is 5.91 Å². The second kappa shape index (κ2) is 7.44. The Bertz CT molecular complexity index is 1170. The predicted octanol–water partition coefficient (Wildman–Crippen LogP) is 5.28. The van der Waals surface area contributed by atoms with E-state index in [-0.39, 0.29) is 22.9 Å². The molecule has 0 unspecified atom stereocenters. The number of aryl methyl sites for hydroxylation is 1. The molecule has 140 valence electrons. The zero-order chi connectivity index (χ0) is 19.7. The SMILES string of the molecule is Cc1cccn2cc(-c3ccccc3NC(=O)Cc3c(F)cccc3Cl)nc12. The first-order valence-corrected chi connectivity index (χ1v) is 9.17. The summed E-state index contributed by atoms with van der Waals surface area (Å²) in [6.45, 7) is 2.00. The van der Waals surface area contributed by atoms with E-state index in [2.05, 4.69) is 5.32 Å². The second-order valence-corrected chi connectivity index (χ2v) is 6.93. The molecule has 0 bridgehead atoms. The Hall–Kier alpha value is -3.18. The number of halogens is 2. The summed E-state index contributed by atoms with van der Waals surface area (Å²) in [5.74, 6) is -0.842. The molecule has 0 spiro atoms. The van der Waals surface area contributed by atoms with Gasteiger partial charge < -0.3 is 9.72 Å². The highest BCUT2D eigenvalue weighted by molar-refractivity contribution is 6.31. The molecule has 0 aliphatic carbocycles. The van der Waals surface area contributed by atoms with Crippen molar-refractivity contribution in [1.82, 2.24) is 9.38 Å². The number of anilines is 1. The maximum absolute atomic E-state index is 14.0. The van der Waals surface area contributed by atoms with Gasteiger partial charge in [0.1, 0.15) is 11.5 Å². The van der Waals surface area contributed by atoms with Gasteiger partial charge in [-0.25, -0.2) is 9.37 Å². The lowest BCUT2D eigenvalue weighted by Crippen LogP contribution is -2.16. The van der Waals surface area contributed by atoms with Gasteiger partial charge in [-0.2, -0.15) is 0 Å². The summed E-state index contributed by atoms with van der Waals surface area (Å²) in [6.07, 6.45) is 3.70. The summed E-state index contributed by atoms with van der Waals surface area (Å²) in [4.78, 5) is 17.2. The normalized spacial score (nSPS) is 11.0. The van der Waals surface area contributed by atoms with Crippen molar-refractivity contribution in [3.8, 4) is 11.3 Å². The minimum Gasteiger partial charge on any atom is -0.325 e. The summed E-state index contributed by atoms with van der Waals surface area (Å²) in [6, 6.07) is 15.7. The Morgan fingerprint density at radius 3 is 2.75 bits per heavy atom. The average molecular weight is 394 g/mol. The van der Waals surface area contributed by atoms with Gasteiger partial charge in [-0.05, 0) is 36.8 Å². The molecule has 0 aliphatic rings. The van der Waals surface area contributed by atoms with E-state index in [4.69, 9.17) is 16.6 Å². The highest BCUT2D eigenvalue weighted by Gasteiger charge is 2.15. The van der Waals surface area contributed by atoms with Crippen molar-refractivity contribution in [3.05, 3.63) is 89.0 Å². The lowest BCUT2D eigenvalue weighted by molar-refractivity contribution is -0.115. The van der Waals surface area contributed by atoms with E-state index in [1.54, 1.807) is 12.1 Å². The number of rotatable bonds is 4. The van der Waals surface area contributed by atoms with E-state index >= 15 is 0 Å². The van der Waals surface area contributed by atoms with E-state index in [0.717, 1.165) is 22.5 Å². The number of aromatic nitrogens is 2. The van der Waals surface area contributed by atoms with Crippen LogP contribution in [0, 0.1) is 12.7 Å². The highest BCUT2D eigenvalue weighted by atomic mass is 35.5. The van der Waals surface area contributed by atoms with Crippen LogP contribution in [0.5, 0.6) is 0 Å². The van der Waals surface area contributed by atoms with Crippen LogP contribution in [0.15, 0.2) is 67.0 Å². The number of fused-ring (bicyclic) bond motifs is 1. The lowest BCUT2D eigenvalue weighted by Gasteiger charge is -2.10. The zero-order valence-electron chi connectivity index (χ0n) is 15.1. The molecule has 0 saturated carbocycles. The molecule has 1 N–H and O–H groups in total. The summed E-state index contributed by atoms with van der Waals surface area (Å²) in [5.41, 5.74) is 4.25. The van der Waals surface area contributed by atoms with Crippen molar-refractivity contribution in [2.24, 2.45) is 0 Å². The van der Waals surface area contributed by atoms with Crippen LogP contribution in [0.3, 0.4) is 0 Å². The van der Waals surface area contributed by atoms with Crippen LogP contribution in [0.25, 0.3) is 16.9 Å². The standard InChI is InChI=1S/C22H17ClFN3O/c1-14-6-5-11-27-13-20(26-22(14)27)15-7-2-3-10-19(15)25-21(28)12-16-17(23)8-4-9-18(16)24/h2-11,13H,12H2,1H3,(H,25,28). The third kappa shape index (κ3) is 3.49. The molecule has 2 heterocycles. The van der Waals surface area contributed by atoms with Gasteiger partial charge in [-0.15, -0.1) is 0 Å². The minimum atomic E-state index is -0.494. The number of nitrogens with one attached hydrogen (secondary N) is 1. The van der Waals surface area contributed by atoms with Crippen molar-refractivity contribution in [1.29, 1.82) is 0 Å². The third-order valence-electron chi connectivity index (χ3n) is 4.55. The first-order valence-electron chi connectivity index (χ1n) is 8.79. The Morgan fingerprint density at radius 1 is 1.14 bits per heavy atom. The molecule has 28 heavy (non-hydrogen) atoms. The molecule has 0 aliphatic heterocycles. The van der Waals surface area contributed by atoms with Crippen molar-refractivity contribution in [2.75, 3.05) is 5.32 Å². The van der Waals surface area contributed by atoms with Gasteiger partial charge in [0.15, 0.2) is 0 Å². The fourth-order valence-corrected chi connectivity index (χ4v) is 3.38. The van der Waals surface area contributed by atoms with Crippen molar-refractivity contribution >= 4 is 28.8 Å². The van der Waals surface area contributed by atoms with Gasteiger partial charge in [0.25, 0.3) is 0 Å². The van der Waals surface area contributed by atoms with E-state index in [9.17, 15) is 9.18 Å². The van der Waals surface area contributed by atoms with E-state index < -0.39 is 5.82 Å². The Balaban J connectivity index is 1.64. The van der Waals surface area contributed by atoms with Crippen LogP contribution in [-0.2, 0) is 11.2 Å². The van der Waals surface area contributed by atoms with Crippen molar-refractivity contribution in [2.45, 2.75) is 13.3 Å². The number of nitrogens with zero attached hydrogens (tertiary/aromatic N) is 2. The lowest BCUT2D eigenvalue weighted by atomic mass is 10.1. The third-order valence-corrected chi connectivity index (χ3v) is 4.91. The summed E-state index contributed by atoms with van der Waals surface area (Å²) in [7, 11) is 0. The molecule has 0 fully saturated rings. The molecule has 1 amide bonds. The van der Waals surface area contributed by atoms with E-state index in [1.807, 2.05) is 54.0 Å². The van der Waals surface area contributed by atoms with Crippen LogP contribution in [0.1, 0.15) is 11.1 Å². The minimum absolute atomic E-state index is 0.149. The molecule has 2 aromatic heterocycles. The first-order chi connectivity index (χ1) is 13.5. The van der Waals surface area contributed by atoms with Crippen LogP contribution in [-0.4, -0.2) is 15.3 Å². The predicted molar refractivity (Wildman–Crippen MR) is 109 cm³/mol. The number of amides is 1. The maximum atomic E-state index is 14.0. The molecule has 4 aromatic rings. The quantitative estimate of drug-likeness (QED) is 0.512. The fraction of sp³-hybridized carbons (Fsp3) is 0.0909. The van der Waals surface area contributed by atoms with Crippen LogP contribution >= 0.6 is 11.6 Å². The summed E-state index contributed by atoms with van der Waals surface area (Å²) in [5, 5.41) is 3.09. The largest absolute Gasteiger partial charge is 0.325 e. The molecule has 4 nitrogen and oxygen atoms in total. The average Bonchev–Trinajstić information content (AvgIpc) is 3.11. The Kier molecular flexibility index (Phi) is 4.84. The van der Waals surface area contributed by atoms with Crippen LogP contribution in [0.4, 0.5) is 10.1 Å². The summed E-state index contributed by atoms with van der Waals surface area (Å²) < 4.78 is 15.9. The molecular formula is C22H17ClFN3O. The van der Waals surface area contributed by atoms with Gasteiger partial charge in [-0.3, -0.25) is 4.79 Å². The number of hydrogen-bond donors (Lipinski definition) is 1. The highest BCUT2D eigenvalue weighted by Crippen LogP contribution is 2.28. The molecule has 0 radical (unpaired) electrons. The number of carbonyl (C=O) groups excluding carboxylic acids is 1. The van der Waals surface area contributed by atoms with Crippen molar-refractivity contribution in [3.63, 3.8) is 0 Å². The molecule has 4 rings (SSSR count). The molecule has 6 heteroatoms. The monoisotopic (exact) mass is 393 g/mol. The van der Waals surface area contributed by atoms with Crippen LogP contribution < -0.4 is 5.32 Å². The fourth-order valence-electron chi connectivity index (χ4n) is 3.16. The number of carbonyl (C=O) groups is 1. The molecular weight excluding hydrogens is 377 g/mol. The van der Waals surface area contributed by atoms with Gasteiger partial charge in [0, 0.05) is 28.5 Å². The number of pyridine rings is 1. The van der Waals surface area contributed by atoms with Gasteiger partial charge in [-0.1, -0.05) is 41.9 Å². The molecule has 0 saturated heterocycles. The summed E-state index contributed by atoms with van der Waals surface area (Å²) >= 11 is 6.03. The topological polar surface area (TPSA) is 46.4 Å². The molecule has 0 atom stereocenters. The number of benzene rings is 2. The van der Waals surface area contributed by atoms with Crippen molar-refractivity contribution < 1.29 is 9.18 Å². The van der Waals surface area contributed by atoms with E-state index in [1.165, 1.54) is 12.1 Å². The Morgan fingerprint density at radius 2 is 1.96 bits per heavy atom. The number of para-hydroxylation sites is 1. The number of hydrogen-bond acceptors (Lipinski definition) is 2. The van der Waals surface area contributed by atoms with E-state index in [0.29, 0.717) is 5.69 Å². The first kappa shape index (κ1) is 18.2. The smallest absolute Gasteiger partial charge is 0.228 e. The Labute approximate surface area is 166 Å². The van der Waals surface area contributed by atoms with Gasteiger partial charge >= 0.3 is 0 Å². The van der Waals surface area contributed by atoms with Gasteiger partial charge in [0.05, 0.1) is 17.8 Å². The maximum Gasteiger partial charge on any atom is 0.228 e. The second-order valence-electron chi connectivity index (χ2n) is 6.52.